The Morgan fingerprint density at radius 1 is 0.931 bits per heavy atom. The van der Waals surface area contributed by atoms with E-state index in [9.17, 15) is 18.0 Å². The van der Waals surface area contributed by atoms with Crippen molar-refractivity contribution < 1.29 is 22.7 Å². The molecule has 0 atom stereocenters. The molecule has 3 rings (SSSR count). The van der Waals surface area contributed by atoms with Gasteiger partial charge in [-0.05, 0) is 55.5 Å². The molecule has 1 amide bonds. The molecule has 29 heavy (non-hydrogen) atoms. The molecule has 0 radical (unpaired) electrons. The minimum Gasteiger partial charge on any atom is -0.462 e. The lowest BCUT2D eigenvalue weighted by Crippen LogP contribution is -2.50. The smallest absolute Gasteiger partial charge is 0.338 e. The zero-order valence-corrected chi connectivity index (χ0v) is 17.4. The third kappa shape index (κ3) is 4.77. The van der Waals surface area contributed by atoms with E-state index in [0.29, 0.717) is 29.2 Å². The molecule has 154 valence electrons. The van der Waals surface area contributed by atoms with Gasteiger partial charge in [0.2, 0.25) is 10.0 Å². The molecular formula is C20H21ClN2O5S. The van der Waals surface area contributed by atoms with Crippen LogP contribution >= 0.6 is 11.6 Å². The van der Waals surface area contributed by atoms with Crippen molar-refractivity contribution in [2.45, 2.75) is 11.8 Å². The van der Waals surface area contributed by atoms with E-state index >= 15 is 0 Å². The van der Waals surface area contributed by atoms with Crippen molar-refractivity contribution in [1.29, 1.82) is 0 Å². The van der Waals surface area contributed by atoms with Crippen LogP contribution < -0.4 is 0 Å². The fourth-order valence-corrected chi connectivity index (χ4v) is 4.58. The normalized spacial score (nSPS) is 15.2. The largest absolute Gasteiger partial charge is 0.462 e. The summed E-state index contributed by atoms with van der Waals surface area (Å²) in [6.45, 7) is 2.93. The molecule has 1 fully saturated rings. The van der Waals surface area contributed by atoms with Gasteiger partial charge >= 0.3 is 5.97 Å². The molecule has 0 N–H and O–H groups in total. The highest BCUT2D eigenvalue weighted by molar-refractivity contribution is 7.89. The highest BCUT2D eigenvalue weighted by atomic mass is 35.5. The Labute approximate surface area is 174 Å². The second-order valence-electron chi connectivity index (χ2n) is 6.45. The van der Waals surface area contributed by atoms with Gasteiger partial charge < -0.3 is 9.64 Å². The Morgan fingerprint density at radius 2 is 1.48 bits per heavy atom. The molecule has 9 heteroatoms. The highest BCUT2D eigenvalue weighted by Crippen LogP contribution is 2.20. The minimum absolute atomic E-state index is 0.100. The van der Waals surface area contributed by atoms with E-state index in [4.69, 9.17) is 16.3 Å². The van der Waals surface area contributed by atoms with Gasteiger partial charge in [-0.3, -0.25) is 4.79 Å². The molecule has 7 nitrogen and oxygen atoms in total. The molecule has 1 aliphatic heterocycles. The molecule has 0 unspecified atom stereocenters. The molecule has 1 saturated heterocycles. The lowest BCUT2D eigenvalue weighted by molar-refractivity contribution is 0.0526. The number of piperazine rings is 1. The van der Waals surface area contributed by atoms with Gasteiger partial charge in [0.1, 0.15) is 0 Å². The summed E-state index contributed by atoms with van der Waals surface area (Å²) in [7, 11) is -3.71. The number of carbonyl (C=O) groups is 2. The third-order valence-corrected chi connectivity index (χ3v) is 6.79. The SMILES string of the molecule is CCOC(=O)c1ccc(S(=O)(=O)N2CCN(C(=O)c3ccc(Cl)cc3)CC2)cc1. The monoisotopic (exact) mass is 436 g/mol. The van der Waals surface area contributed by atoms with Gasteiger partial charge in [0, 0.05) is 36.8 Å². The predicted octanol–water partition coefficient (Wildman–Crippen LogP) is 2.66. The number of ether oxygens (including phenoxy) is 1. The number of esters is 1. The summed E-state index contributed by atoms with van der Waals surface area (Å²) >= 11 is 5.85. The zero-order valence-electron chi connectivity index (χ0n) is 15.9. The first-order valence-corrected chi connectivity index (χ1v) is 11.0. The van der Waals surface area contributed by atoms with Crippen LogP contribution in [0.25, 0.3) is 0 Å². The van der Waals surface area contributed by atoms with E-state index < -0.39 is 16.0 Å². The van der Waals surface area contributed by atoms with Crippen LogP contribution in [0.2, 0.25) is 5.02 Å². The van der Waals surface area contributed by atoms with Gasteiger partial charge in [0.05, 0.1) is 17.1 Å². The molecule has 2 aromatic carbocycles. The van der Waals surface area contributed by atoms with Gasteiger partial charge in [-0.15, -0.1) is 0 Å². The minimum atomic E-state index is -3.71. The molecule has 0 saturated carbocycles. The van der Waals surface area contributed by atoms with Crippen LogP contribution in [-0.2, 0) is 14.8 Å². The Bertz CT molecular complexity index is 983. The first-order chi connectivity index (χ1) is 13.8. The van der Waals surface area contributed by atoms with Crippen molar-refractivity contribution in [3.8, 4) is 0 Å². The maximum absolute atomic E-state index is 12.9. The van der Waals surface area contributed by atoms with E-state index in [1.54, 1.807) is 36.1 Å². The number of halogens is 1. The number of rotatable bonds is 5. The Morgan fingerprint density at radius 3 is 2.03 bits per heavy atom. The Balaban J connectivity index is 1.65. The average molecular weight is 437 g/mol. The summed E-state index contributed by atoms with van der Waals surface area (Å²) in [4.78, 5) is 26.0. The molecular weight excluding hydrogens is 416 g/mol. The number of sulfonamides is 1. The van der Waals surface area contributed by atoms with Gasteiger partial charge in [0.25, 0.3) is 5.91 Å². The second-order valence-corrected chi connectivity index (χ2v) is 8.82. The fraction of sp³-hybridized carbons (Fsp3) is 0.300. The summed E-state index contributed by atoms with van der Waals surface area (Å²) in [5, 5.41) is 0.548. The topological polar surface area (TPSA) is 84.0 Å². The van der Waals surface area contributed by atoms with Crippen LogP contribution in [0, 0.1) is 0 Å². The quantitative estimate of drug-likeness (QED) is 0.673. The molecule has 0 bridgehead atoms. The number of benzene rings is 2. The summed E-state index contributed by atoms with van der Waals surface area (Å²) < 4.78 is 32.0. The maximum Gasteiger partial charge on any atom is 0.338 e. The number of hydrogen-bond donors (Lipinski definition) is 0. The second kappa shape index (κ2) is 8.94. The van der Waals surface area contributed by atoms with Crippen LogP contribution in [-0.4, -0.2) is 62.3 Å². The third-order valence-electron chi connectivity index (χ3n) is 4.62. The van der Waals surface area contributed by atoms with Crippen molar-refractivity contribution in [3.05, 3.63) is 64.7 Å². The molecule has 0 aromatic heterocycles. The van der Waals surface area contributed by atoms with E-state index in [-0.39, 0.29) is 30.5 Å². The Hall–Kier alpha value is -2.42. The molecule has 0 spiro atoms. The van der Waals surface area contributed by atoms with Crippen LogP contribution in [0.15, 0.2) is 53.4 Å². The van der Waals surface area contributed by atoms with Gasteiger partial charge in [-0.1, -0.05) is 11.6 Å². The Kier molecular flexibility index (Phi) is 6.56. The lowest BCUT2D eigenvalue weighted by Gasteiger charge is -2.34. The van der Waals surface area contributed by atoms with E-state index in [1.807, 2.05) is 0 Å². The van der Waals surface area contributed by atoms with Gasteiger partial charge in [-0.2, -0.15) is 4.31 Å². The first-order valence-electron chi connectivity index (χ1n) is 9.15. The van der Waals surface area contributed by atoms with Crippen LogP contribution in [0.3, 0.4) is 0 Å². The number of amides is 1. The highest BCUT2D eigenvalue weighted by Gasteiger charge is 2.30. The van der Waals surface area contributed by atoms with E-state index in [1.165, 1.54) is 28.6 Å². The maximum atomic E-state index is 12.9. The average Bonchev–Trinajstić information content (AvgIpc) is 2.74. The molecule has 2 aromatic rings. The first kappa shape index (κ1) is 21.3. The van der Waals surface area contributed by atoms with E-state index in [2.05, 4.69) is 0 Å². The number of carbonyl (C=O) groups excluding carboxylic acids is 2. The number of nitrogens with zero attached hydrogens (tertiary/aromatic N) is 2. The summed E-state index contributed by atoms with van der Waals surface area (Å²) in [6.07, 6.45) is 0. The standard InChI is InChI=1S/C20H21ClN2O5S/c1-2-28-20(25)16-5-9-18(10-6-16)29(26,27)23-13-11-22(12-14-23)19(24)15-3-7-17(21)8-4-15/h3-10H,2,11-14H2,1H3. The van der Waals surface area contributed by atoms with Crippen molar-refractivity contribution in [2.24, 2.45) is 0 Å². The summed E-state index contributed by atoms with van der Waals surface area (Å²) in [5.74, 6) is -0.650. The van der Waals surface area contributed by atoms with Crippen molar-refractivity contribution in [2.75, 3.05) is 32.8 Å². The van der Waals surface area contributed by atoms with Crippen molar-refractivity contribution in [1.82, 2.24) is 9.21 Å². The predicted molar refractivity (Wildman–Crippen MR) is 109 cm³/mol. The van der Waals surface area contributed by atoms with Gasteiger partial charge in [-0.25, -0.2) is 13.2 Å². The van der Waals surface area contributed by atoms with Crippen LogP contribution in [0.4, 0.5) is 0 Å². The number of hydrogen-bond acceptors (Lipinski definition) is 5. The zero-order chi connectivity index (χ0) is 21.0. The van der Waals surface area contributed by atoms with Crippen LogP contribution in [0.5, 0.6) is 0 Å². The lowest BCUT2D eigenvalue weighted by atomic mass is 10.2. The van der Waals surface area contributed by atoms with Crippen molar-refractivity contribution >= 4 is 33.5 Å². The van der Waals surface area contributed by atoms with E-state index in [0.717, 1.165) is 0 Å². The summed E-state index contributed by atoms with van der Waals surface area (Å²) in [5.41, 5.74) is 0.810. The molecule has 1 heterocycles. The molecule has 1 aliphatic rings. The summed E-state index contributed by atoms with van der Waals surface area (Å²) in [6, 6.07) is 12.3. The van der Waals surface area contributed by atoms with Gasteiger partial charge in [0.15, 0.2) is 0 Å². The van der Waals surface area contributed by atoms with Crippen LogP contribution in [0.1, 0.15) is 27.6 Å². The fourth-order valence-electron chi connectivity index (χ4n) is 3.03. The molecule has 0 aliphatic carbocycles. The van der Waals surface area contributed by atoms with Crippen molar-refractivity contribution in [3.63, 3.8) is 0 Å².